The minimum absolute atomic E-state index is 0.472. The molecule has 0 fully saturated rings. The number of benzene rings is 1. The van der Waals surface area contributed by atoms with Crippen molar-refractivity contribution in [1.82, 2.24) is 0 Å². The number of hydrogen-bond donors (Lipinski definition) is 0. The van der Waals surface area contributed by atoms with Gasteiger partial charge >= 0.3 is 35.3 Å². The molecule has 0 saturated heterocycles. The molecule has 0 atom stereocenters. The molecular formula is C10H16Cl2NPt+. The van der Waals surface area contributed by atoms with Crippen LogP contribution in [0.1, 0.15) is 5.56 Å². The van der Waals surface area contributed by atoms with E-state index in [1.807, 2.05) is 0 Å². The Kier molecular flexibility index (Phi) is 7.95. The fraction of sp³-hybridized carbons (Fsp3) is 0.400. The summed E-state index contributed by atoms with van der Waals surface area (Å²) in [5.41, 5.74) is 1.40. The molecule has 0 N–H and O–H groups in total. The van der Waals surface area contributed by atoms with Gasteiger partial charge in [-0.2, -0.15) is 0 Å². The predicted octanol–water partition coefficient (Wildman–Crippen LogP) is 3.27. The van der Waals surface area contributed by atoms with Crippen LogP contribution in [0.2, 0.25) is 0 Å². The predicted molar refractivity (Wildman–Crippen MR) is 59.9 cm³/mol. The zero-order chi connectivity index (χ0) is 11.0. The van der Waals surface area contributed by atoms with E-state index in [0.717, 1.165) is 11.0 Å². The van der Waals surface area contributed by atoms with Gasteiger partial charge in [0.15, 0.2) is 0 Å². The molecule has 0 aliphatic rings. The Morgan fingerprint density at radius 3 is 1.86 bits per heavy atom. The van der Waals surface area contributed by atoms with Crippen molar-refractivity contribution in [3.8, 4) is 0 Å². The van der Waals surface area contributed by atoms with E-state index in [9.17, 15) is 0 Å². The van der Waals surface area contributed by atoms with Gasteiger partial charge in [0.1, 0.15) is 6.54 Å². The summed E-state index contributed by atoms with van der Waals surface area (Å²) in [5.74, 6) is 0. The Balaban J connectivity index is 0.000000500. The quantitative estimate of drug-likeness (QED) is 0.650. The van der Waals surface area contributed by atoms with Crippen molar-refractivity contribution in [1.29, 1.82) is 0 Å². The molecule has 0 aromatic heterocycles. The van der Waals surface area contributed by atoms with E-state index < -0.39 is 16.5 Å². The van der Waals surface area contributed by atoms with Gasteiger partial charge in [0, 0.05) is 5.56 Å². The summed E-state index contributed by atoms with van der Waals surface area (Å²) in [6.07, 6.45) is 0. The molecule has 0 spiro atoms. The van der Waals surface area contributed by atoms with Gasteiger partial charge < -0.3 is 4.48 Å². The van der Waals surface area contributed by atoms with Crippen LogP contribution in [0.15, 0.2) is 30.3 Å². The van der Waals surface area contributed by atoms with Gasteiger partial charge in [-0.15, -0.1) is 0 Å². The maximum atomic E-state index is 4.88. The van der Waals surface area contributed by atoms with E-state index in [1.54, 1.807) is 0 Å². The monoisotopic (exact) mass is 415 g/mol. The van der Waals surface area contributed by atoms with Gasteiger partial charge in [-0.25, -0.2) is 0 Å². The first kappa shape index (κ1) is 14.4. The second-order valence-electron chi connectivity index (χ2n) is 3.98. The van der Waals surface area contributed by atoms with Crippen LogP contribution >= 0.6 is 18.8 Å². The van der Waals surface area contributed by atoms with Crippen LogP contribution in [-0.2, 0) is 23.0 Å². The normalized spacial score (nSPS) is 10.6. The Morgan fingerprint density at radius 1 is 1.07 bits per heavy atom. The average molecular weight is 416 g/mol. The first-order valence-electron chi connectivity index (χ1n) is 4.16. The molecule has 84 valence electrons. The van der Waals surface area contributed by atoms with Crippen molar-refractivity contribution in [3.63, 3.8) is 0 Å². The van der Waals surface area contributed by atoms with Gasteiger partial charge in [-0.05, 0) is 0 Å². The number of quaternary nitrogens is 1. The summed E-state index contributed by atoms with van der Waals surface area (Å²) in [7, 11) is 16.4. The van der Waals surface area contributed by atoms with Crippen molar-refractivity contribution >= 4 is 18.8 Å². The minimum atomic E-state index is -0.472. The molecule has 1 aromatic carbocycles. The molecule has 0 aliphatic carbocycles. The standard InChI is InChI=1S/C10H16N.2ClH.Pt/c1-11(2,3)9-10-7-5-4-6-8-10;;;/h4-8H,9H2,1-3H3;2*1H;/q+1;;;+2/p-2. The van der Waals surface area contributed by atoms with Gasteiger partial charge in [0.2, 0.25) is 0 Å². The average Bonchev–Trinajstić information content (AvgIpc) is 2.04. The fourth-order valence-corrected chi connectivity index (χ4v) is 1.13. The summed E-state index contributed by atoms with van der Waals surface area (Å²) in [5, 5.41) is 0. The molecule has 0 aliphatic heterocycles. The summed E-state index contributed by atoms with van der Waals surface area (Å²) >= 11 is -0.472. The molecule has 1 nitrogen and oxygen atoms in total. The van der Waals surface area contributed by atoms with Crippen molar-refractivity contribution in [2.45, 2.75) is 6.54 Å². The van der Waals surface area contributed by atoms with Gasteiger partial charge in [-0.3, -0.25) is 0 Å². The topological polar surface area (TPSA) is 0 Å². The van der Waals surface area contributed by atoms with Gasteiger partial charge in [0.25, 0.3) is 0 Å². The molecule has 1 aromatic rings. The molecule has 0 amide bonds. The van der Waals surface area contributed by atoms with Crippen LogP contribution in [-0.4, -0.2) is 25.6 Å². The third-order valence-electron chi connectivity index (χ3n) is 1.50. The third kappa shape index (κ3) is 9.02. The fourth-order valence-electron chi connectivity index (χ4n) is 1.13. The Bertz CT molecular complexity index is 234. The van der Waals surface area contributed by atoms with Crippen LogP contribution in [0, 0.1) is 0 Å². The molecule has 1 rings (SSSR count). The maximum absolute atomic E-state index is 4.88. The number of halogens is 2. The SMILES string of the molecule is C[N+](C)(C)Cc1ccccc1.[Cl][Pt][Cl]. The molecule has 0 radical (unpaired) electrons. The summed E-state index contributed by atoms with van der Waals surface area (Å²) in [4.78, 5) is 0. The second kappa shape index (κ2) is 7.70. The summed E-state index contributed by atoms with van der Waals surface area (Å²) in [6.45, 7) is 1.10. The van der Waals surface area contributed by atoms with Crippen LogP contribution in [0.25, 0.3) is 0 Å². The molecule has 0 heterocycles. The summed E-state index contributed by atoms with van der Waals surface area (Å²) in [6, 6.07) is 10.6. The van der Waals surface area contributed by atoms with Crippen LogP contribution in [0.5, 0.6) is 0 Å². The first-order chi connectivity index (χ1) is 6.49. The zero-order valence-corrected chi connectivity index (χ0v) is 12.4. The van der Waals surface area contributed by atoms with E-state index in [4.69, 9.17) is 18.8 Å². The molecule has 0 bridgehead atoms. The molecule has 0 saturated carbocycles. The molecule has 14 heavy (non-hydrogen) atoms. The second-order valence-corrected chi connectivity index (χ2v) is 7.26. The number of rotatable bonds is 2. The van der Waals surface area contributed by atoms with Crippen molar-refractivity contribution in [2.24, 2.45) is 0 Å². The van der Waals surface area contributed by atoms with Crippen molar-refractivity contribution in [3.05, 3.63) is 35.9 Å². The van der Waals surface area contributed by atoms with E-state index in [1.165, 1.54) is 5.56 Å². The van der Waals surface area contributed by atoms with Crippen molar-refractivity contribution < 1.29 is 21.0 Å². The van der Waals surface area contributed by atoms with Crippen molar-refractivity contribution in [2.75, 3.05) is 21.1 Å². The molecule has 4 heteroatoms. The molecular weight excluding hydrogens is 400 g/mol. The van der Waals surface area contributed by atoms with E-state index >= 15 is 0 Å². The molecule has 0 unspecified atom stereocenters. The Hall–Kier alpha value is 0.448. The van der Waals surface area contributed by atoms with E-state index in [-0.39, 0.29) is 0 Å². The Labute approximate surface area is 103 Å². The van der Waals surface area contributed by atoms with Crippen LogP contribution in [0.3, 0.4) is 0 Å². The van der Waals surface area contributed by atoms with Gasteiger partial charge in [-0.1, -0.05) is 30.3 Å². The summed E-state index contributed by atoms with van der Waals surface area (Å²) < 4.78 is 0.990. The van der Waals surface area contributed by atoms with Crippen LogP contribution < -0.4 is 0 Å². The van der Waals surface area contributed by atoms with Crippen LogP contribution in [0.4, 0.5) is 0 Å². The van der Waals surface area contributed by atoms with E-state index in [2.05, 4.69) is 51.5 Å². The Morgan fingerprint density at radius 2 is 1.50 bits per heavy atom. The van der Waals surface area contributed by atoms with E-state index in [0.29, 0.717) is 0 Å². The van der Waals surface area contributed by atoms with Gasteiger partial charge in [0.05, 0.1) is 21.1 Å². The number of nitrogens with zero attached hydrogens (tertiary/aromatic N) is 1. The number of hydrogen-bond acceptors (Lipinski definition) is 0. The first-order valence-corrected chi connectivity index (χ1v) is 9.79. The zero-order valence-electron chi connectivity index (χ0n) is 8.61. The third-order valence-corrected chi connectivity index (χ3v) is 1.50.